The second kappa shape index (κ2) is 11.1. The second-order valence-electron chi connectivity index (χ2n) is 8.73. The van der Waals surface area contributed by atoms with Gasteiger partial charge in [0, 0.05) is 19.7 Å². The highest BCUT2D eigenvalue weighted by molar-refractivity contribution is 9.11. The van der Waals surface area contributed by atoms with Gasteiger partial charge >= 0.3 is 0 Å². The minimum Gasteiger partial charge on any atom is -0.497 e. The van der Waals surface area contributed by atoms with Gasteiger partial charge in [-0.3, -0.25) is 0 Å². The number of ether oxygens (including phenoxy) is 4. The Morgan fingerprint density at radius 2 is 0.711 bits per heavy atom. The highest BCUT2D eigenvalue weighted by atomic mass is 79.9. The van der Waals surface area contributed by atoms with Gasteiger partial charge in [0.2, 0.25) is 0 Å². The molecule has 0 heterocycles. The van der Waals surface area contributed by atoms with Gasteiger partial charge < -0.3 is 18.9 Å². The summed E-state index contributed by atoms with van der Waals surface area (Å²) in [6.07, 6.45) is 0. The zero-order chi connectivity index (χ0) is 26.8. The van der Waals surface area contributed by atoms with E-state index in [0.717, 1.165) is 53.5 Å². The van der Waals surface area contributed by atoms with Gasteiger partial charge in [0.25, 0.3) is 0 Å². The molecule has 0 aliphatic rings. The molecule has 0 fully saturated rings. The van der Waals surface area contributed by atoms with Gasteiger partial charge in [0.15, 0.2) is 0 Å². The van der Waals surface area contributed by atoms with Gasteiger partial charge in [-0.15, -0.1) is 0 Å². The summed E-state index contributed by atoms with van der Waals surface area (Å²) >= 11 is 7.42. The van der Waals surface area contributed by atoms with Crippen LogP contribution < -0.4 is 18.9 Å². The lowest BCUT2D eigenvalue weighted by molar-refractivity contribution is 0.415. The molecule has 0 radical (unpaired) electrons. The predicted molar refractivity (Wildman–Crippen MR) is 165 cm³/mol. The molecule has 6 rings (SSSR count). The average molecular weight is 634 g/mol. The first kappa shape index (κ1) is 26.1. The Morgan fingerprint density at radius 3 is 1.08 bits per heavy atom. The van der Waals surface area contributed by atoms with Gasteiger partial charge in [-0.2, -0.15) is 0 Å². The van der Waals surface area contributed by atoms with E-state index in [1.165, 1.54) is 21.5 Å². The molecule has 0 bridgehead atoms. The SMILES string of the molecule is COc1ccc2c(Br)c3cc(OC)ccc3c(Br)c2c1.COc1ccc2cc3cc(OC)ccc3cc2c1. The van der Waals surface area contributed by atoms with Crippen molar-refractivity contribution in [2.45, 2.75) is 0 Å². The van der Waals surface area contributed by atoms with Gasteiger partial charge in [0.1, 0.15) is 23.0 Å². The predicted octanol–water partition coefficient (Wildman–Crippen LogP) is 9.55. The quantitative estimate of drug-likeness (QED) is 0.181. The minimum atomic E-state index is 0.845. The Morgan fingerprint density at radius 1 is 0.368 bits per heavy atom. The number of hydrogen-bond donors (Lipinski definition) is 0. The first-order valence-electron chi connectivity index (χ1n) is 11.9. The second-order valence-corrected chi connectivity index (χ2v) is 10.3. The molecule has 4 nitrogen and oxygen atoms in total. The highest BCUT2D eigenvalue weighted by Crippen LogP contribution is 2.41. The van der Waals surface area contributed by atoms with Crippen molar-refractivity contribution in [1.29, 1.82) is 0 Å². The van der Waals surface area contributed by atoms with Gasteiger partial charge in [-0.25, -0.2) is 0 Å². The maximum absolute atomic E-state index is 5.31. The van der Waals surface area contributed by atoms with E-state index in [1.54, 1.807) is 28.4 Å². The lowest BCUT2D eigenvalue weighted by atomic mass is 10.0. The number of halogens is 2. The maximum atomic E-state index is 5.31. The molecule has 38 heavy (non-hydrogen) atoms. The summed E-state index contributed by atoms with van der Waals surface area (Å²) in [7, 11) is 6.73. The van der Waals surface area contributed by atoms with Gasteiger partial charge in [-0.05, 0) is 137 Å². The summed E-state index contributed by atoms with van der Waals surface area (Å²) in [5.41, 5.74) is 0. The van der Waals surface area contributed by atoms with Crippen LogP contribution in [-0.4, -0.2) is 28.4 Å². The van der Waals surface area contributed by atoms with Crippen molar-refractivity contribution in [2.24, 2.45) is 0 Å². The normalized spacial score (nSPS) is 10.9. The molecule has 0 aliphatic carbocycles. The number of fused-ring (bicyclic) bond motifs is 4. The maximum Gasteiger partial charge on any atom is 0.119 e. The topological polar surface area (TPSA) is 36.9 Å². The Hall–Kier alpha value is -3.48. The molecule has 192 valence electrons. The van der Waals surface area contributed by atoms with Crippen LogP contribution >= 0.6 is 31.9 Å². The summed E-state index contributed by atoms with van der Waals surface area (Å²) in [6, 6.07) is 28.7. The largest absolute Gasteiger partial charge is 0.497 e. The van der Waals surface area contributed by atoms with E-state index in [-0.39, 0.29) is 0 Å². The third-order valence-electron chi connectivity index (χ3n) is 6.61. The fourth-order valence-electron chi connectivity index (χ4n) is 4.54. The lowest BCUT2D eigenvalue weighted by Crippen LogP contribution is -1.88. The molecule has 0 amide bonds. The van der Waals surface area contributed by atoms with E-state index in [0.29, 0.717) is 0 Å². The van der Waals surface area contributed by atoms with Crippen LogP contribution in [0.4, 0.5) is 0 Å². The molecule has 6 aromatic rings. The molecular formula is C32H26Br2O4. The number of benzene rings is 6. The van der Waals surface area contributed by atoms with Crippen LogP contribution in [0.2, 0.25) is 0 Å². The number of hydrogen-bond acceptors (Lipinski definition) is 4. The van der Waals surface area contributed by atoms with E-state index in [9.17, 15) is 0 Å². The third kappa shape index (κ3) is 4.98. The van der Waals surface area contributed by atoms with E-state index in [4.69, 9.17) is 18.9 Å². The molecule has 0 aliphatic heterocycles. The highest BCUT2D eigenvalue weighted by Gasteiger charge is 2.12. The number of methoxy groups -OCH3 is 4. The zero-order valence-electron chi connectivity index (χ0n) is 21.5. The van der Waals surface area contributed by atoms with Crippen LogP contribution in [0.1, 0.15) is 0 Å². The summed E-state index contributed by atoms with van der Waals surface area (Å²) in [4.78, 5) is 0. The molecule has 0 spiro atoms. The fraction of sp³-hybridized carbons (Fsp3) is 0.125. The summed E-state index contributed by atoms with van der Waals surface area (Å²) in [5.74, 6) is 3.46. The smallest absolute Gasteiger partial charge is 0.119 e. The number of rotatable bonds is 4. The molecule has 0 aromatic heterocycles. The summed E-state index contributed by atoms with van der Waals surface area (Å²) in [6.45, 7) is 0. The fourth-order valence-corrected chi connectivity index (χ4v) is 5.89. The first-order chi connectivity index (χ1) is 18.4. The zero-order valence-corrected chi connectivity index (χ0v) is 24.6. The Labute approximate surface area is 238 Å². The van der Waals surface area contributed by atoms with Gasteiger partial charge in [-0.1, -0.05) is 12.1 Å². The average Bonchev–Trinajstić information content (AvgIpc) is 2.97. The van der Waals surface area contributed by atoms with E-state index >= 15 is 0 Å². The molecule has 0 atom stereocenters. The van der Waals surface area contributed by atoms with Crippen molar-refractivity contribution in [2.75, 3.05) is 28.4 Å². The standard InChI is InChI=1S/C16H12Br2O2.C16H14O2/c1-19-9-3-5-11-13(7-9)15(17)12-6-4-10(20-2)8-14(12)16(11)18;1-17-15-5-3-11-8-14-10-16(18-2)6-4-12(14)7-13(11)9-15/h3-8H,1-2H3;3-10H,1-2H3. The molecule has 0 saturated carbocycles. The van der Waals surface area contributed by atoms with Gasteiger partial charge in [0.05, 0.1) is 28.4 Å². The van der Waals surface area contributed by atoms with E-state index in [1.807, 2.05) is 36.4 Å². The Balaban J connectivity index is 0.000000156. The van der Waals surface area contributed by atoms with Crippen LogP contribution in [-0.2, 0) is 0 Å². The van der Waals surface area contributed by atoms with Crippen LogP contribution in [0.15, 0.2) is 93.9 Å². The van der Waals surface area contributed by atoms with Crippen molar-refractivity contribution in [3.05, 3.63) is 93.9 Å². The van der Waals surface area contributed by atoms with Crippen molar-refractivity contribution in [1.82, 2.24) is 0 Å². The first-order valence-corrected chi connectivity index (χ1v) is 13.5. The van der Waals surface area contributed by atoms with Crippen LogP contribution in [0, 0.1) is 0 Å². The molecule has 6 heteroatoms. The van der Waals surface area contributed by atoms with Crippen LogP contribution in [0.3, 0.4) is 0 Å². The molecule has 0 N–H and O–H groups in total. The Bertz CT molecular complexity index is 1660. The minimum absolute atomic E-state index is 0.845. The van der Waals surface area contributed by atoms with Crippen molar-refractivity contribution in [3.63, 3.8) is 0 Å². The molecular weight excluding hydrogens is 608 g/mol. The third-order valence-corrected chi connectivity index (χ3v) is 8.32. The van der Waals surface area contributed by atoms with Crippen LogP contribution in [0.25, 0.3) is 43.1 Å². The monoisotopic (exact) mass is 632 g/mol. The molecule has 0 unspecified atom stereocenters. The summed E-state index contributed by atoms with van der Waals surface area (Å²) < 4.78 is 23.2. The summed E-state index contributed by atoms with van der Waals surface area (Å²) in [5, 5.41) is 9.30. The van der Waals surface area contributed by atoms with Crippen molar-refractivity contribution >= 4 is 74.9 Å². The Kier molecular flexibility index (Phi) is 7.63. The van der Waals surface area contributed by atoms with E-state index in [2.05, 4.69) is 80.4 Å². The molecule has 6 aromatic carbocycles. The molecule has 0 saturated heterocycles. The van der Waals surface area contributed by atoms with E-state index < -0.39 is 0 Å². The van der Waals surface area contributed by atoms with Crippen LogP contribution in [0.5, 0.6) is 23.0 Å². The van der Waals surface area contributed by atoms with Crippen molar-refractivity contribution in [3.8, 4) is 23.0 Å². The van der Waals surface area contributed by atoms with Crippen molar-refractivity contribution < 1.29 is 18.9 Å². The lowest BCUT2D eigenvalue weighted by Gasteiger charge is -2.12.